The molecule has 2 rings (SSSR count). The van der Waals surface area contributed by atoms with Crippen molar-refractivity contribution < 1.29 is 4.74 Å². The lowest BCUT2D eigenvalue weighted by atomic mass is 10.1. The summed E-state index contributed by atoms with van der Waals surface area (Å²) in [6.07, 6.45) is 0. The summed E-state index contributed by atoms with van der Waals surface area (Å²) >= 11 is 5.98. The van der Waals surface area contributed by atoms with Gasteiger partial charge in [0.1, 0.15) is 5.75 Å². The Morgan fingerprint density at radius 2 is 2.00 bits per heavy atom. The van der Waals surface area contributed by atoms with Gasteiger partial charge < -0.3 is 4.74 Å². The largest absolute Gasteiger partial charge is 0.493 e. The van der Waals surface area contributed by atoms with Crippen LogP contribution in [0.3, 0.4) is 0 Å². The smallest absolute Gasteiger partial charge is 0.128 e. The Labute approximate surface area is 88.3 Å². The van der Waals surface area contributed by atoms with E-state index in [1.165, 1.54) is 0 Å². The van der Waals surface area contributed by atoms with Crippen molar-refractivity contribution in [2.75, 3.05) is 6.61 Å². The average Bonchev–Trinajstić information content (AvgIpc) is 2.18. The zero-order valence-electron chi connectivity index (χ0n) is 7.96. The first-order chi connectivity index (χ1) is 6.81. The predicted octanol–water partition coefficient (Wildman–Crippen LogP) is 3.89. The van der Waals surface area contributed by atoms with Crippen LogP contribution in [0.5, 0.6) is 5.75 Å². The summed E-state index contributed by atoms with van der Waals surface area (Å²) in [5.41, 5.74) is 0. The lowest BCUT2D eigenvalue weighted by Crippen LogP contribution is -1.92. The van der Waals surface area contributed by atoms with Gasteiger partial charge in [0.2, 0.25) is 0 Å². The first-order valence-electron chi connectivity index (χ1n) is 4.62. The van der Waals surface area contributed by atoms with Gasteiger partial charge in [0.15, 0.2) is 0 Å². The molecule has 0 aliphatic carbocycles. The molecule has 0 spiro atoms. The van der Waals surface area contributed by atoms with Crippen LogP contribution in [0.4, 0.5) is 0 Å². The van der Waals surface area contributed by atoms with Crippen LogP contribution in [-0.2, 0) is 0 Å². The van der Waals surface area contributed by atoms with Crippen molar-refractivity contribution in [2.45, 2.75) is 6.92 Å². The van der Waals surface area contributed by atoms with Gasteiger partial charge in [0.25, 0.3) is 0 Å². The Bertz CT molecular complexity index is 451. The summed E-state index contributed by atoms with van der Waals surface area (Å²) in [5.74, 6) is 0.857. The SMILES string of the molecule is CCOc1cc(Cl)cc2ccccc12. The lowest BCUT2D eigenvalue weighted by molar-refractivity contribution is 0.344. The van der Waals surface area contributed by atoms with E-state index in [0.717, 1.165) is 16.5 Å². The van der Waals surface area contributed by atoms with Crippen molar-refractivity contribution in [1.29, 1.82) is 0 Å². The summed E-state index contributed by atoms with van der Waals surface area (Å²) < 4.78 is 5.52. The summed E-state index contributed by atoms with van der Waals surface area (Å²) in [6.45, 7) is 2.63. The maximum Gasteiger partial charge on any atom is 0.128 e. The molecular weight excluding hydrogens is 196 g/mol. The highest BCUT2D eigenvalue weighted by atomic mass is 35.5. The molecule has 14 heavy (non-hydrogen) atoms. The zero-order valence-corrected chi connectivity index (χ0v) is 8.71. The van der Waals surface area contributed by atoms with Gasteiger partial charge in [-0.1, -0.05) is 35.9 Å². The number of benzene rings is 2. The van der Waals surface area contributed by atoms with E-state index >= 15 is 0 Å². The molecule has 0 saturated carbocycles. The molecule has 0 unspecified atom stereocenters. The fraction of sp³-hybridized carbons (Fsp3) is 0.167. The molecular formula is C12H11ClO. The highest BCUT2D eigenvalue weighted by molar-refractivity contribution is 6.31. The van der Waals surface area contributed by atoms with Crippen LogP contribution < -0.4 is 4.74 Å². The fourth-order valence-corrected chi connectivity index (χ4v) is 1.73. The highest BCUT2D eigenvalue weighted by Crippen LogP contribution is 2.29. The first kappa shape index (κ1) is 9.35. The molecule has 0 atom stereocenters. The van der Waals surface area contributed by atoms with Crippen LogP contribution in [0.25, 0.3) is 10.8 Å². The van der Waals surface area contributed by atoms with E-state index < -0.39 is 0 Å². The van der Waals surface area contributed by atoms with Crippen molar-refractivity contribution in [3.05, 3.63) is 41.4 Å². The summed E-state index contributed by atoms with van der Waals surface area (Å²) in [6, 6.07) is 11.9. The minimum absolute atomic E-state index is 0.657. The van der Waals surface area contributed by atoms with Crippen LogP contribution in [-0.4, -0.2) is 6.61 Å². The van der Waals surface area contributed by atoms with Crippen LogP contribution in [0.15, 0.2) is 36.4 Å². The van der Waals surface area contributed by atoms with Gasteiger partial charge in [0.05, 0.1) is 6.61 Å². The molecule has 0 amide bonds. The van der Waals surface area contributed by atoms with Crippen LogP contribution in [0, 0.1) is 0 Å². The third-order valence-electron chi connectivity index (χ3n) is 2.09. The van der Waals surface area contributed by atoms with Crippen molar-refractivity contribution in [2.24, 2.45) is 0 Å². The monoisotopic (exact) mass is 206 g/mol. The minimum atomic E-state index is 0.657. The van der Waals surface area contributed by atoms with Gasteiger partial charge in [-0.2, -0.15) is 0 Å². The van der Waals surface area contributed by atoms with Crippen molar-refractivity contribution in [3.63, 3.8) is 0 Å². The van der Waals surface area contributed by atoms with Crippen molar-refractivity contribution in [1.82, 2.24) is 0 Å². The van der Waals surface area contributed by atoms with Crippen molar-refractivity contribution in [3.8, 4) is 5.75 Å². The Hall–Kier alpha value is -1.21. The topological polar surface area (TPSA) is 9.23 Å². The Kier molecular flexibility index (Phi) is 2.60. The van der Waals surface area contributed by atoms with E-state index in [4.69, 9.17) is 16.3 Å². The molecule has 0 radical (unpaired) electrons. The molecule has 0 aromatic heterocycles. The molecule has 2 aromatic carbocycles. The second kappa shape index (κ2) is 3.89. The molecule has 0 saturated heterocycles. The fourth-order valence-electron chi connectivity index (χ4n) is 1.52. The highest BCUT2D eigenvalue weighted by Gasteiger charge is 2.02. The predicted molar refractivity (Wildman–Crippen MR) is 60.1 cm³/mol. The molecule has 1 nitrogen and oxygen atoms in total. The van der Waals surface area contributed by atoms with Crippen LogP contribution in [0.2, 0.25) is 5.02 Å². The quantitative estimate of drug-likeness (QED) is 0.725. The summed E-state index contributed by atoms with van der Waals surface area (Å²) in [4.78, 5) is 0. The molecule has 0 fully saturated rings. The molecule has 2 aromatic rings. The van der Waals surface area contributed by atoms with Gasteiger partial charge in [-0.05, 0) is 24.4 Å². The van der Waals surface area contributed by atoms with Gasteiger partial charge in [-0.25, -0.2) is 0 Å². The number of rotatable bonds is 2. The van der Waals surface area contributed by atoms with Gasteiger partial charge in [-0.3, -0.25) is 0 Å². The molecule has 0 heterocycles. The van der Waals surface area contributed by atoms with Crippen LogP contribution >= 0.6 is 11.6 Å². The number of ether oxygens (including phenoxy) is 1. The average molecular weight is 207 g/mol. The van der Waals surface area contributed by atoms with E-state index in [9.17, 15) is 0 Å². The van der Waals surface area contributed by atoms with E-state index in [1.54, 1.807) is 0 Å². The standard InChI is InChI=1S/C12H11ClO/c1-2-14-12-8-10(13)7-9-5-3-4-6-11(9)12/h3-8H,2H2,1H3. The normalized spacial score (nSPS) is 10.4. The third kappa shape index (κ3) is 1.68. The Balaban J connectivity index is 2.67. The third-order valence-corrected chi connectivity index (χ3v) is 2.31. The second-order valence-electron chi connectivity index (χ2n) is 3.06. The van der Waals surface area contributed by atoms with Crippen molar-refractivity contribution >= 4 is 22.4 Å². The molecule has 72 valence electrons. The zero-order chi connectivity index (χ0) is 9.97. The summed E-state index contributed by atoms with van der Waals surface area (Å²) in [7, 11) is 0. The van der Waals surface area contributed by atoms with E-state index in [1.807, 2.05) is 43.3 Å². The maximum absolute atomic E-state index is 5.98. The summed E-state index contributed by atoms with van der Waals surface area (Å²) in [5, 5.41) is 2.94. The van der Waals surface area contributed by atoms with E-state index in [-0.39, 0.29) is 0 Å². The number of hydrogen-bond donors (Lipinski definition) is 0. The van der Waals surface area contributed by atoms with Gasteiger partial charge in [-0.15, -0.1) is 0 Å². The van der Waals surface area contributed by atoms with Gasteiger partial charge in [0, 0.05) is 10.4 Å². The molecule has 0 N–H and O–H groups in total. The number of fused-ring (bicyclic) bond motifs is 1. The number of halogens is 1. The van der Waals surface area contributed by atoms with Crippen LogP contribution in [0.1, 0.15) is 6.92 Å². The Morgan fingerprint density at radius 1 is 1.21 bits per heavy atom. The molecule has 0 bridgehead atoms. The molecule has 2 heteroatoms. The molecule has 0 aliphatic heterocycles. The van der Waals surface area contributed by atoms with Gasteiger partial charge >= 0.3 is 0 Å². The minimum Gasteiger partial charge on any atom is -0.493 e. The Morgan fingerprint density at radius 3 is 2.79 bits per heavy atom. The van der Waals surface area contributed by atoms with E-state index in [2.05, 4.69) is 0 Å². The lowest BCUT2D eigenvalue weighted by Gasteiger charge is -2.07. The first-order valence-corrected chi connectivity index (χ1v) is 5.00. The van der Waals surface area contributed by atoms with E-state index in [0.29, 0.717) is 11.6 Å². The number of hydrogen-bond acceptors (Lipinski definition) is 1. The maximum atomic E-state index is 5.98. The molecule has 0 aliphatic rings. The second-order valence-corrected chi connectivity index (χ2v) is 3.49.